The molecule has 3 rings (SSSR count). The van der Waals surface area contributed by atoms with Crippen LogP contribution in [-0.4, -0.2) is 7.05 Å². The third-order valence-corrected chi connectivity index (χ3v) is 3.80. The van der Waals surface area contributed by atoms with Crippen LogP contribution < -0.4 is 4.90 Å². The van der Waals surface area contributed by atoms with Gasteiger partial charge in [-0.1, -0.05) is 42.0 Å². The van der Waals surface area contributed by atoms with Crippen LogP contribution in [0.3, 0.4) is 0 Å². The molecule has 0 unspecified atom stereocenters. The second kappa shape index (κ2) is 5.30. The fraction of sp³-hybridized carbons (Fsp3) is 0.105. The quantitative estimate of drug-likeness (QED) is 0.670. The lowest BCUT2D eigenvalue weighted by Gasteiger charge is -2.22. The summed E-state index contributed by atoms with van der Waals surface area (Å²) in [6, 6.07) is 22.7. The summed E-state index contributed by atoms with van der Waals surface area (Å²) in [7, 11) is 2.05. The summed E-state index contributed by atoms with van der Waals surface area (Å²) >= 11 is 0. The number of hydrogen-bond donors (Lipinski definition) is 0. The maximum Gasteiger partial charge on any atom is 0.0998 e. The van der Waals surface area contributed by atoms with Gasteiger partial charge in [-0.3, -0.25) is 0 Å². The Labute approximate surface area is 124 Å². The number of nitrogens with zero attached hydrogens (tertiary/aromatic N) is 2. The molecule has 0 amide bonds. The normalized spacial score (nSPS) is 10.3. The van der Waals surface area contributed by atoms with E-state index in [1.807, 2.05) is 30.3 Å². The number of nitriles is 1. The van der Waals surface area contributed by atoms with Crippen molar-refractivity contribution >= 4 is 22.1 Å². The maximum atomic E-state index is 9.25. The van der Waals surface area contributed by atoms with Gasteiger partial charge in [0.25, 0.3) is 0 Å². The van der Waals surface area contributed by atoms with Gasteiger partial charge in [-0.05, 0) is 31.2 Å². The van der Waals surface area contributed by atoms with Gasteiger partial charge in [0, 0.05) is 29.2 Å². The summed E-state index contributed by atoms with van der Waals surface area (Å²) in [6.07, 6.45) is 0. The van der Waals surface area contributed by atoms with Crippen molar-refractivity contribution in [3.63, 3.8) is 0 Å². The van der Waals surface area contributed by atoms with Crippen molar-refractivity contribution in [2.24, 2.45) is 0 Å². The minimum Gasteiger partial charge on any atom is -0.344 e. The first kappa shape index (κ1) is 13.2. The zero-order chi connectivity index (χ0) is 14.8. The van der Waals surface area contributed by atoms with Gasteiger partial charge in [0.15, 0.2) is 0 Å². The van der Waals surface area contributed by atoms with Crippen LogP contribution in [0.5, 0.6) is 0 Å². The minimum atomic E-state index is 0.714. The molecular formula is C19H16N2. The first-order valence-electron chi connectivity index (χ1n) is 6.93. The summed E-state index contributed by atoms with van der Waals surface area (Å²) in [5.74, 6) is 0. The van der Waals surface area contributed by atoms with Gasteiger partial charge in [-0.25, -0.2) is 0 Å². The van der Waals surface area contributed by atoms with E-state index in [-0.39, 0.29) is 0 Å². The molecule has 0 fully saturated rings. The van der Waals surface area contributed by atoms with Gasteiger partial charge in [-0.15, -0.1) is 0 Å². The fourth-order valence-electron chi connectivity index (χ4n) is 2.58. The fourth-order valence-corrected chi connectivity index (χ4v) is 2.58. The van der Waals surface area contributed by atoms with Gasteiger partial charge < -0.3 is 4.90 Å². The average molecular weight is 272 g/mol. The number of hydrogen-bond acceptors (Lipinski definition) is 2. The first-order chi connectivity index (χ1) is 10.2. The second-order valence-corrected chi connectivity index (χ2v) is 5.18. The number of rotatable bonds is 2. The van der Waals surface area contributed by atoms with Crippen LogP contribution in [0.1, 0.15) is 11.1 Å². The zero-order valence-corrected chi connectivity index (χ0v) is 12.2. The molecule has 3 aromatic carbocycles. The van der Waals surface area contributed by atoms with Crippen molar-refractivity contribution in [3.05, 3.63) is 71.8 Å². The number of aryl methyl sites for hydroxylation is 1. The van der Waals surface area contributed by atoms with Crippen LogP contribution in [0, 0.1) is 18.3 Å². The summed E-state index contributed by atoms with van der Waals surface area (Å²) < 4.78 is 0. The predicted octanol–water partition coefficient (Wildman–Crippen LogP) is 4.79. The van der Waals surface area contributed by atoms with E-state index in [9.17, 15) is 5.26 Å². The summed E-state index contributed by atoms with van der Waals surface area (Å²) in [6.45, 7) is 2.08. The molecule has 0 saturated carbocycles. The van der Waals surface area contributed by atoms with E-state index >= 15 is 0 Å². The largest absolute Gasteiger partial charge is 0.344 e. The number of benzene rings is 3. The second-order valence-electron chi connectivity index (χ2n) is 5.18. The Bertz CT molecular complexity index is 826. The van der Waals surface area contributed by atoms with Crippen molar-refractivity contribution in [1.82, 2.24) is 0 Å². The van der Waals surface area contributed by atoms with E-state index in [4.69, 9.17) is 0 Å². The van der Waals surface area contributed by atoms with Crippen molar-refractivity contribution in [1.29, 1.82) is 5.26 Å². The van der Waals surface area contributed by atoms with Crippen molar-refractivity contribution in [3.8, 4) is 6.07 Å². The highest BCUT2D eigenvalue weighted by Gasteiger charge is 2.10. The minimum absolute atomic E-state index is 0.714. The van der Waals surface area contributed by atoms with E-state index in [2.05, 4.69) is 55.3 Å². The van der Waals surface area contributed by atoms with E-state index in [0.29, 0.717) is 5.56 Å². The summed E-state index contributed by atoms with van der Waals surface area (Å²) in [5.41, 5.74) is 4.20. The van der Waals surface area contributed by atoms with Gasteiger partial charge in [0.05, 0.1) is 11.6 Å². The molecular weight excluding hydrogens is 256 g/mol. The predicted molar refractivity (Wildman–Crippen MR) is 87.9 cm³/mol. The third kappa shape index (κ3) is 2.34. The smallest absolute Gasteiger partial charge is 0.0998 e. The van der Waals surface area contributed by atoms with Crippen molar-refractivity contribution < 1.29 is 0 Å². The van der Waals surface area contributed by atoms with Gasteiger partial charge in [-0.2, -0.15) is 5.26 Å². The highest BCUT2D eigenvalue weighted by Crippen LogP contribution is 2.32. The number of anilines is 2. The number of fused-ring (bicyclic) bond motifs is 1. The van der Waals surface area contributed by atoms with Crippen LogP contribution in [0.25, 0.3) is 10.8 Å². The molecule has 0 radical (unpaired) electrons. The lowest BCUT2D eigenvalue weighted by molar-refractivity contribution is 1.22. The average Bonchev–Trinajstić information content (AvgIpc) is 2.54. The van der Waals surface area contributed by atoms with Gasteiger partial charge in [0.1, 0.15) is 0 Å². The molecule has 0 aliphatic rings. The Morgan fingerprint density at radius 2 is 1.52 bits per heavy atom. The standard InChI is InChI=1S/C19H16N2/c1-14-7-10-16(11-8-14)21(2)19-12-9-15(13-20)17-5-3-4-6-18(17)19/h3-12H,1-2H3. The lowest BCUT2D eigenvalue weighted by atomic mass is 10.0. The van der Waals surface area contributed by atoms with E-state index < -0.39 is 0 Å². The molecule has 3 aromatic rings. The van der Waals surface area contributed by atoms with Crippen molar-refractivity contribution in [2.75, 3.05) is 11.9 Å². The highest BCUT2D eigenvalue weighted by molar-refractivity contribution is 5.99. The van der Waals surface area contributed by atoms with Crippen molar-refractivity contribution in [2.45, 2.75) is 6.92 Å². The molecule has 0 saturated heterocycles. The molecule has 21 heavy (non-hydrogen) atoms. The molecule has 0 aliphatic heterocycles. The Kier molecular flexibility index (Phi) is 3.33. The third-order valence-electron chi connectivity index (χ3n) is 3.80. The molecule has 2 heteroatoms. The van der Waals surface area contributed by atoms with E-state index in [0.717, 1.165) is 22.1 Å². The zero-order valence-electron chi connectivity index (χ0n) is 12.2. The summed E-state index contributed by atoms with van der Waals surface area (Å²) in [4.78, 5) is 2.16. The topological polar surface area (TPSA) is 27.0 Å². The molecule has 0 aliphatic carbocycles. The van der Waals surface area contributed by atoms with Crippen LogP contribution in [0.4, 0.5) is 11.4 Å². The molecule has 0 atom stereocenters. The Balaban J connectivity index is 2.17. The molecule has 0 heterocycles. The molecule has 102 valence electrons. The molecule has 0 bridgehead atoms. The van der Waals surface area contributed by atoms with Crippen LogP contribution in [0.2, 0.25) is 0 Å². The van der Waals surface area contributed by atoms with E-state index in [1.165, 1.54) is 5.56 Å². The maximum absolute atomic E-state index is 9.25. The van der Waals surface area contributed by atoms with Gasteiger partial charge >= 0.3 is 0 Å². The van der Waals surface area contributed by atoms with Crippen LogP contribution >= 0.6 is 0 Å². The van der Waals surface area contributed by atoms with Crippen LogP contribution in [-0.2, 0) is 0 Å². The molecule has 0 N–H and O–H groups in total. The Morgan fingerprint density at radius 3 is 2.19 bits per heavy atom. The highest BCUT2D eigenvalue weighted by atomic mass is 15.1. The monoisotopic (exact) mass is 272 g/mol. The summed E-state index contributed by atoms with van der Waals surface area (Å²) in [5, 5.41) is 11.3. The van der Waals surface area contributed by atoms with Crippen LogP contribution in [0.15, 0.2) is 60.7 Å². The molecule has 0 aromatic heterocycles. The lowest BCUT2D eigenvalue weighted by Crippen LogP contribution is -2.10. The first-order valence-corrected chi connectivity index (χ1v) is 6.93. The Morgan fingerprint density at radius 1 is 0.857 bits per heavy atom. The van der Waals surface area contributed by atoms with Gasteiger partial charge in [0.2, 0.25) is 0 Å². The molecule has 0 spiro atoms. The van der Waals surface area contributed by atoms with E-state index in [1.54, 1.807) is 0 Å². The Hall–Kier alpha value is -2.79. The molecule has 2 nitrogen and oxygen atoms in total. The SMILES string of the molecule is Cc1ccc(N(C)c2ccc(C#N)c3ccccc23)cc1.